The number of nitriles is 2. The molecule has 0 atom stereocenters. The van der Waals surface area contributed by atoms with Gasteiger partial charge in [-0.2, -0.15) is 10.5 Å². The van der Waals surface area contributed by atoms with Gasteiger partial charge < -0.3 is 9.13 Å². The van der Waals surface area contributed by atoms with E-state index in [-0.39, 0.29) is 0 Å². The first kappa shape index (κ1) is 27.4. The molecule has 222 valence electrons. The van der Waals surface area contributed by atoms with Gasteiger partial charge in [0.15, 0.2) is 0 Å². The smallest absolute Gasteiger partial charge is 0.101 e. The van der Waals surface area contributed by atoms with Gasteiger partial charge in [-0.05, 0) is 77.4 Å². The van der Waals surface area contributed by atoms with Gasteiger partial charge in [-0.1, -0.05) is 97.1 Å². The number of aromatic nitrogens is 2. The van der Waals surface area contributed by atoms with Gasteiger partial charge in [-0.3, -0.25) is 0 Å². The van der Waals surface area contributed by atoms with E-state index in [9.17, 15) is 10.5 Å². The molecule has 0 spiro atoms. The molecular weight excluding hydrogens is 585 g/mol. The monoisotopic (exact) mass is 610 g/mol. The average Bonchev–Trinajstić information content (AvgIpc) is 3.67. The third kappa shape index (κ3) is 4.14. The van der Waals surface area contributed by atoms with E-state index in [2.05, 4.69) is 137 Å². The highest BCUT2D eigenvalue weighted by atomic mass is 15.0. The maximum absolute atomic E-state index is 10.4. The molecule has 9 aromatic rings. The van der Waals surface area contributed by atoms with Crippen molar-refractivity contribution < 1.29 is 0 Å². The van der Waals surface area contributed by atoms with Gasteiger partial charge in [0.25, 0.3) is 0 Å². The lowest BCUT2D eigenvalue weighted by Gasteiger charge is -2.16. The molecule has 0 unspecified atom stereocenters. The molecule has 0 bridgehead atoms. The van der Waals surface area contributed by atoms with Crippen molar-refractivity contribution in [3.05, 3.63) is 169 Å². The second-order valence-corrected chi connectivity index (χ2v) is 12.0. The molecule has 0 saturated carbocycles. The first-order valence-corrected chi connectivity index (χ1v) is 15.9. The van der Waals surface area contributed by atoms with Crippen LogP contribution >= 0.6 is 0 Å². The van der Waals surface area contributed by atoms with Crippen molar-refractivity contribution in [1.29, 1.82) is 10.5 Å². The fraction of sp³-hybridized carbons (Fsp3) is 0. The molecule has 0 aliphatic heterocycles. The molecular formula is C44H26N4. The van der Waals surface area contributed by atoms with E-state index in [1.165, 1.54) is 21.8 Å². The summed E-state index contributed by atoms with van der Waals surface area (Å²) in [6.45, 7) is 0. The summed E-state index contributed by atoms with van der Waals surface area (Å²) >= 11 is 0. The minimum Gasteiger partial charge on any atom is -0.309 e. The Morgan fingerprint density at radius 1 is 0.396 bits per heavy atom. The summed E-state index contributed by atoms with van der Waals surface area (Å²) in [6, 6.07) is 59.0. The molecule has 0 saturated heterocycles. The molecule has 7 aromatic carbocycles. The van der Waals surface area contributed by atoms with Gasteiger partial charge >= 0.3 is 0 Å². The Bertz CT molecular complexity index is 2750. The Morgan fingerprint density at radius 2 is 0.979 bits per heavy atom. The molecule has 4 heteroatoms. The van der Waals surface area contributed by atoms with Gasteiger partial charge in [-0.25, -0.2) is 0 Å². The standard InChI is InChI=1S/C44H26N4/c45-27-29-19-24-43-39(25-29)38-14-3-6-18-42(38)48(43)44-33(28-46)11-8-15-35(44)32-10-7-9-31(26-32)30-20-22-34(23-21-30)47-40-16-4-1-12-36(40)37-13-2-5-17-41(37)47/h1-26H. The summed E-state index contributed by atoms with van der Waals surface area (Å²) in [5.41, 5.74) is 11.6. The second kappa shape index (κ2) is 10.9. The van der Waals surface area contributed by atoms with Crippen LogP contribution in [-0.2, 0) is 0 Å². The lowest BCUT2D eigenvalue weighted by Crippen LogP contribution is -2.01. The molecule has 0 aliphatic rings. The Morgan fingerprint density at radius 3 is 1.65 bits per heavy atom. The number of hydrogen-bond donors (Lipinski definition) is 0. The Kier molecular flexibility index (Phi) is 6.22. The predicted octanol–water partition coefficient (Wildman–Crippen LogP) is 11.0. The molecule has 9 rings (SSSR count). The number of fused-ring (bicyclic) bond motifs is 6. The van der Waals surface area contributed by atoms with Gasteiger partial charge in [0.05, 0.1) is 45.0 Å². The second-order valence-electron chi connectivity index (χ2n) is 12.0. The number of rotatable bonds is 4. The summed E-state index contributed by atoms with van der Waals surface area (Å²) in [5, 5.41) is 24.5. The van der Waals surface area contributed by atoms with Crippen molar-refractivity contribution in [3.8, 4) is 45.8 Å². The Labute approximate surface area is 277 Å². The minimum atomic E-state index is 0.584. The van der Waals surface area contributed by atoms with E-state index in [4.69, 9.17) is 0 Å². The Balaban J connectivity index is 1.19. The summed E-state index contributed by atoms with van der Waals surface area (Å²) in [6.07, 6.45) is 0. The molecule has 2 aromatic heterocycles. The van der Waals surface area contributed by atoms with Crippen molar-refractivity contribution in [1.82, 2.24) is 9.13 Å². The van der Waals surface area contributed by atoms with E-state index in [1.807, 2.05) is 42.5 Å². The van der Waals surface area contributed by atoms with Gasteiger partial charge in [0.1, 0.15) is 6.07 Å². The third-order valence-electron chi connectivity index (χ3n) is 9.39. The minimum absolute atomic E-state index is 0.584. The lowest BCUT2D eigenvalue weighted by molar-refractivity contribution is 1.17. The molecule has 0 fully saturated rings. The molecule has 0 aliphatic carbocycles. The topological polar surface area (TPSA) is 57.4 Å². The van der Waals surface area contributed by atoms with Crippen molar-refractivity contribution >= 4 is 43.6 Å². The van der Waals surface area contributed by atoms with E-state index >= 15 is 0 Å². The van der Waals surface area contributed by atoms with Crippen LogP contribution in [0.25, 0.3) is 77.2 Å². The fourth-order valence-electron chi connectivity index (χ4n) is 7.26. The first-order chi connectivity index (χ1) is 23.7. The van der Waals surface area contributed by atoms with Crippen LogP contribution in [0, 0.1) is 22.7 Å². The summed E-state index contributed by atoms with van der Waals surface area (Å²) in [4.78, 5) is 0. The quantitative estimate of drug-likeness (QED) is 0.199. The van der Waals surface area contributed by atoms with Crippen molar-refractivity contribution in [2.24, 2.45) is 0 Å². The van der Waals surface area contributed by atoms with Crippen LogP contribution < -0.4 is 0 Å². The number of benzene rings is 7. The van der Waals surface area contributed by atoms with Gasteiger partial charge in [-0.15, -0.1) is 0 Å². The van der Waals surface area contributed by atoms with E-state index in [0.717, 1.165) is 55.4 Å². The zero-order chi connectivity index (χ0) is 32.2. The maximum atomic E-state index is 10.4. The van der Waals surface area contributed by atoms with Crippen LogP contribution in [0.4, 0.5) is 0 Å². The van der Waals surface area contributed by atoms with Crippen molar-refractivity contribution in [2.45, 2.75) is 0 Å². The predicted molar refractivity (Wildman–Crippen MR) is 195 cm³/mol. The SMILES string of the molecule is N#Cc1ccc2c(c1)c1ccccc1n2-c1c(C#N)cccc1-c1cccc(-c2ccc(-n3c4ccccc4c4ccccc43)cc2)c1. The van der Waals surface area contributed by atoms with E-state index in [1.54, 1.807) is 0 Å². The van der Waals surface area contributed by atoms with Crippen LogP contribution in [0.1, 0.15) is 11.1 Å². The maximum Gasteiger partial charge on any atom is 0.101 e. The molecule has 2 heterocycles. The van der Waals surface area contributed by atoms with Crippen molar-refractivity contribution in [3.63, 3.8) is 0 Å². The number of hydrogen-bond acceptors (Lipinski definition) is 2. The van der Waals surface area contributed by atoms with Gasteiger partial charge in [0, 0.05) is 32.8 Å². The summed E-state index contributed by atoms with van der Waals surface area (Å²) in [7, 11) is 0. The Hall–Kier alpha value is -6.88. The number of nitrogens with zero attached hydrogens (tertiary/aromatic N) is 4. The lowest BCUT2D eigenvalue weighted by atomic mass is 9.96. The number of para-hydroxylation sites is 4. The van der Waals surface area contributed by atoms with Crippen LogP contribution in [0.2, 0.25) is 0 Å². The zero-order valence-electron chi connectivity index (χ0n) is 25.8. The molecule has 0 N–H and O–H groups in total. The van der Waals surface area contributed by atoms with Crippen LogP contribution in [-0.4, -0.2) is 9.13 Å². The van der Waals surface area contributed by atoms with E-state index in [0.29, 0.717) is 11.1 Å². The highest BCUT2D eigenvalue weighted by Gasteiger charge is 2.19. The van der Waals surface area contributed by atoms with E-state index < -0.39 is 0 Å². The summed E-state index contributed by atoms with van der Waals surface area (Å²) in [5.74, 6) is 0. The largest absolute Gasteiger partial charge is 0.309 e. The van der Waals surface area contributed by atoms with Gasteiger partial charge in [0.2, 0.25) is 0 Å². The highest BCUT2D eigenvalue weighted by Crippen LogP contribution is 2.39. The zero-order valence-corrected chi connectivity index (χ0v) is 25.8. The highest BCUT2D eigenvalue weighted by molar-refractivity contribution is 6.11. The molecule has 48 heavy (non-hydrogen) atoms. The van der Waals surface area contributed by atoms with Crippen LogP contribution in [0.5, 0.6) is 0 Å². The summed E-state index contributed by atoms with van der Waals surface area (Å²) < 4.78 is 4.50. The molecule has 0 radical (unpaired) electrons. The van der Waals surface area contributed by atoms with Crippen LogP contribution in [0.3, 0.4) is 0 Å². The molecule has 4 nitrogen and oxygen atoms in total. The third-order valence-corrected chi connectivity index (χ3v) is 9.39. The van der Waals surface area contributed by atoms with Crippen molar-refractivity contribution in [2.75, 3.05) is 0 Å². The fourth-order valence-corrected chi connectivity index (χ4v) is 7.26. The first-order valence-electron chi connectivity index (χ1n) is 15.9. The normalized spacial score (nSPS) is 11.3. The average molecular weight is 611 g/mol. The van der Waals surface area contributed by atoms with Crippen LogP contribution in [0.15, 0.2) is 158 Å². The molecule has 0 amide bonds.